The van der Waals surface area contributed by atoms with Gasteiger partial charge in [0.1, 0.15) is 10.3 Å². The highest BCUT2D eigenvalue weighted by atomic mass is 79.9. The van der Waals surface area contributed by atoms with Crippen LogP contribution < -0.4 is 10.0 Å². The molecular formula is C19H17BrN2O3S2. The molecule has 0 bridgehead atoms. The van der Waals surface area contributed by atoms with Crippen molar-refractivity contribution in [1.29, 1.82) is 0 Å². The monoisotopic (exact) mass is 464 g/mol. The molecule has 2 N–H and O–H groups in total. The molecule has 5 nitrogen and oxygen atoms in total. The predicted octanol–water partition coefficient (Wildman–Crippen LogP) is 4.48. The Morgan fingerprint density at radius 3 is 2.41 bits per heavy atom. The van der Waals surface area contributed by atoms with Crippen molar-refractivity contribution in [2.24, 2.45) is 0 Å². The molecule has 1 heterocycles. The summed E-state index contributed by atoms with van der Waals surface area (Å²) in [6, 6.07) is 18.2. The summed E-state index contributed by atoms with van der Waals surface area (Å²) in [4.78, 5) is 12.9. The number of anilines is 1. The summed E-state index contributed by atoms with van der Waals surface area (Å²) >= 11 is 4.35. The van der Waals surface area contributed by atoms with Crippen LogP contribution in [-0.2, 0) is 14.8 Å². The molecule has 0 aliphatic heterocycles. The molecule has 8 heteroatoms. The van der Waals surface area contributed by atoms with E-state index in [0.29, 0.717) is 15.0 Å². The van der Waals surface area contributed by atoms with Crippen LogP contribution in [-0.4, -0.2) is 14.3 Å². The predicted molar refractivity (Wildman–Crippen MR) is 111 cm³/mol. The molecule has 140 valence electrons. The summed E-state index contributed by atoms with van der Waals surface area (Å²) in [7, 11) is -3.85. The molecule has 3 aromatic rings. The van der Waals surface area contributed by atoms with E-state index in [9.17, 15) is 13.2 Å². The zero-order chi connectivity index (χ0) is 19.4. The Balaban J connectivity index is 1.91. The van der Waals surface area contributed by atoms with Gasteiger partial charge in [0.25, 0.3) is 10.0 Å². The van der Waals surface area contributed by atoms with E-state index in [0.717, 1.165) is 16.9 Å². The molecule has 1 atom stereocenters. The van der Waals surface area contributed by atoms with Crippen molar-refractivity contribution in [3.05, 3.63) is 81.6 Å². The largest absolute Gasteiger partial charge is 0.324 e. The van der Waals surface area contributed by atoms with E-state index in [-0.39, 0.29) is 4.21 Å². The molecule has 0 aliphatic carbocycles. The van der Waals surface area contributed by atoms with E-state index < -0.39 is 22.0 Å². The minimum atomic E-state index is -3.85. The van der Waals surface area contributed by atoms with Gasteiger partial charge in [-0.25, -0.2) is 8.42 Å². The molecule has 27 heavy (non-hydrogen) atoms. The van der Waals surface area contributed by atoms with E-state index in [2.05, 4.69) is 26.0 Å². The highest BCUT2D eigenvalue weighted by molar-refractivity contribution is 9.11. The first-order valence-electron chi connectivity index (χ1n) is 8.05. The number of nitrogens with one attached hydrogen (secondary N) is 2. The second-order valence-corrected chi connectivity index (χ2v) is 10.3. The average molecular weight is 465 g/mol. The number of aryl methyl sites for hydroxylation is 1. The van der Waals surface area contributed by atoms with Crippen molar-refractivity contribution in [2.75, 3.05) is 5.32 Å². The Bertz CT molecular complexity index is 1050. The first-order chi connectivity index (χ1) is 12.8. The quantitative estimate of drug-likeness (QED) is 0.564. The molecule has 0 aliphatic rings. The Hall–Kier alpha value is -2.00. The number of amides is 1. The van der Waals surface area contributed by atoms with Crippen molar-refractivity contribution < 1.29 is 13.2 Å². The van der Waals surface area contributed by atoms with Crippen LogP contribution in [0.1, 0.15) is 17.2 Å². The number of benzene rings is 2. The van der Waals surface area contributed by atoms with Gasteiger partial charge in [0.15, 0.2) is 0 Å². The number of hydrogen-bond acceptors (Lipinski definition) is 4. The van der Waals surface area contributed by atoms with E-state index in [1.165, 1.54) is 6.07 Å². The van der Waals surface area contributed by atoms with Gasteiger partial charge in [0.05, 0.1) is 3.79 Å². The van der Waals surface area contributed by atoms with Crippen LogP contribution >= 0.6 is 27.3 Å². The lowest BCUT2D eigenvalue weighted by atomic mass is 10.1. The van der Waals surface area contributed by atoms with Crippen LogP contribution in [0.3, 0.4) is 0 Å². The molecule has 0 unspecified atom stereocenters. The van der Waals surface area contributed by atoms with Crippen molar-refractivity contribution >= 4 is 48.9 Å². The SMILES string of the molecule is Cc1cccc(NC(=O)[C@@H](NS(=O)(=O)c2ccc(Br)s2)c2ccccc2)c1. The molecule has 1 aromatic heterocycles. The van der Waals surface area contributed by atoms with E-state index in [4.69, 9.17) is 0 Å². The third-order valence-electron chi connectivity index (χ3n) is 3.77. The molecule has 0 fully saturated rings. The third-order valence-corrected chi connectivity index (χ3v) is 7.31. The van der Waals surface area contributed by atoms with Crippen LogP contribution in [0.2, 0.25) is 0 Å². The molecule has 1 amide bonds. The minimum Gasteiger partial charge on any atom is -0.324 e. The smallest absolute Gasteiger partial charge is 0.251 e. The van der Waals surface area contributed by atoms with Crippen LogP contribution in [0.15, 0.2) is 74.7 Å². The fourth-order valence-corrected chi connectivity index (χ4v) is 5.72. The number of carbonyl (C=O) groups excluding carboxylic acids is 1. The minimum absolute atomic E-state index is 0.138. The molecule has 0 saturated heterocycles. The van der Waals surface area contributed by atoms with Crippen molar-refractivity contribution in [1.82, 2.24) is 4.72 Å². The Kier molecular flexibility index (Phi) is 6.11. The average Bonchev–Trinajstić information content (AvgIpc) is 3.08. The molecule has 3 rings (SSSR count). The van der Waals surface area contributed by atoms with Gasteiger partial charge in [-0.05, 0) is 58.2 Å². The maximum absolute atomic E-state index is 12.9. The number of carbonyl (C=O) groups is 1. The first-order valence-corrected chi connectivity index (χ1v) is 11.1. The van der Waals surface area contributed by atoms with E-state index >= 15 is 0 Å². The third kappa shape index (κ3) is 5.04. The summed E-state index contributed by atoms with van der Waals surface area (Å²) in [6.07, 6.45) is 0. The van der Waals surface area contributed by atoms with Crippen molar-refractivity contribution in [2.45, 2.75) is 17.2 Å². The summed E-state index contributed by atoms with van der Waals surface area (Å²) in [5.41, 5.74) is 2.16. The Morgan fingerprint density at radius 2 is 1.78 bits per heavy atom. The van der Waals surface area contributed by atoms with Crippen LogP contribution in [0.5, 0.6) is 0 Å². The highest BCUT2D eigenvalue weighted by Crippen LogP contribution is 2.27. The summed E-state index contributed by atoms with van der Waals surface area (Å²) in [5, 5.41) is 2.79. The van der Waals surface area contributed by atoms with Crippen molar-refractivity contribution in [3.63, 3.8) is 0 Å². The summed E-state index contributed by atoms with van der Waals surface area (Å²) in [5.74, 6) is -0.453. The van der Waals surface area contributed by atoms with E-state index in [1.807, 2.05) is 31.2 Å². The van der Waals surface area contributed by atoms with Gasteiger partial charge >= 0.3 is 0 Å². The Morgan fingerprint density at radius 1 is 1.04 bits per heavy atom. The number of halogens is 1. The second kappa shape index (κ2) is 8.35. The van der Waals surface area contributed by atoms with Gasteiger partial charge < -0.3 is 5.32 Å². The number of hydrogen-bond donors (Lipinski definition) is 2. The Labute approximate surface area is 170 Å². The molecular weight excluding hydrogens is 448 g/mol. The second-order valence-electron chi connectivity index (χ2n) is 5.88. The van der Waals surface area contributed by atoms with Gasteiger partial charge in [-0.3, -0.25) is 4.79 Å². The standard InChI is InChI=1S/C19H17BrN2O3S2/c1-13-6-5-9-15(12-13)21-19(23)18(14-7-3-2-4-8-14)22-27(24,25)17-11-10-16(20)26-17/h2-12,18,22H,1H3,(H,21,23)/t18-/m0/s1. The molecule has 2 aromatic carbocycles. The first kappa shape index (κ1) is 19.8. The fraction of sp³-hybridized carbons (Fsp3) is 0.105. The fourth-order valence-electron chi connectivity index (χ4n) is 2.51. The van der Waals surface area contributed by atoms with Gasteiger partial charge in [0.2, 0.25) is 5.91 Å². The maximum atomic E-state index is 12.9. The van der Waals surface area contributed by atoms with Crippen LogP contribution in [0.25, 0.3) is 0 Å². The molecule has 0 radical (unpaired) electrons. The number of sulfonamides is 1. The van der Waals surface area contributed by atoms with E-state index in [1.54, 1.807) is 36.4 Å². The summed E-state index contributed by atoms with van der Waals surface area (Å²) in [6.45, 7) is 1.92. The topological polar surface area (TPSA) is 75.3 Å². The van der Waals surface area contributed by atoms with Crippen molar-refractivity contribution in [3.8, 4) is 0 Å². The zero-order valence-electron chi connectivity index (χ0n) is 14.3. The number of thiophene rings is 1. The maximum Gasteiger partial charge on any atom is 0.251 e. The lowest BCUT2D eigenvalue weighted by Gasteiger charge is -2.18. The van der Waals surface area contributed by atoms with Gasteiger partial charge in [-0.15, -0.1) is 11.3 Å². The van der Waals surface area contributed by atoms with Crippen LogP contribution in [0, 0.1) is 6.92 Å². The summed E-state index contributed by atoms with van der Waals surface area (Å²) < 4.78 is 28.8. The zero-order valence-corrected chi connectivity index (χ0v) is 17.6. The van der Waals surface area contributed by atoms with Gasteiger partial charge in [-0.2, -0.15) is 4.72 Å². The number of rotatable bonds is 6. The van der Waals surface area contributed by atoms with Crippen LogP contribution in [0.4, 0.5) is 5.69 Å². The van der Waals surface area contributed by atoms with Gasteiger partial charge in [-0.1, -0.05) is 42.5 Å². The lowest BCUT2D eigenvalue weighted by molar-refractivity contribution is -0.117. The molecule has 0 spiro atoms. The lowest BCUT2D eigenvalue weighted by Crippen LogP contribution is -2.36. The molecule has 0 saturated carbocycles. The normalized spacial score (nSPS) is 12.5. The van der Waals surface area contributed by atoms with Gasteiger partial charge in [0, 0.05) is 5.69 Å². The highest BCUT2D eigenvalue weighted by Gasteiger charge is 2.28.